The lowest BCUT2D eigenvalue weighted by molar-refractivity contribution is -0.137. The monoisotopic (exact) mass is 348 g/mol. The summed E-state index contributed by atoms with van der Waals surface area (Å²) in [5, 5.41) is 1.03. The van der Waals surface area contributed by atoms with E-state index in [-0.39, 0.29) is 5.75 Å². The lowest BCUT2D eigenvalue weighted by atomic mass is 10.1. The van der Waals surface area contributed by atoms with Crippen molar-refractivity contribution in [2.45, 2.75) is 19.0 Å². The maximum Gasteiger partial charge on any atom is 0.416 e. The average Bonchev–Trinajstić information content (AvgIpc) is 2.85. The van der Waals surface area contributed by atoms with E-state index in [2.05, 4.69) is 0 Å². The Kier molecular flexibility index (Phi) is 4.72. The highest BCUT2D eigenvalue weighted by Gasteiger charge is 2.30. The fraction of sp³-hybridized carbons (Fsp3) is 0.263. The molecule has 132 valence electrons. The van der Waals surface area contributed by atoms with Crippen LogP contribution in [0.15, 0.2) is 48.5 Å². The summed E-state index contributed by atoms with van der Waals surface area (Å²) in [6.45, 7) is 0.534. The number of para-hydroxylation sites is 1. The summed E-state index contributed by atoms with van der Waals surface area (Å²) in [6, 6.07) is 12.7. The van der Waals surface area contributed by atoms with Crippen molar-refractivity contribution < 1.29 is 17.9 Å². The number of rotatable bonds is 5. The van der Waals surface area contributed by atoms with Gasteiger partial charge < -0.3 is 15.0 Å². The largest absolute Gasteiger partial charge is 0.441 e. The van der Waals surface area contributed by atoms with Gasteiger partial charge in [0.15, 0.2) is 0 Å². The smallest absolute Gasteiger partial charge is 0.416 e. The summed E-state index contributed by atoms with van der Waals surface area (Å²) in [6.07, 6.45) is -2.93. The SMILES string of the molecule is Cn1c(Oc2cccc(C(F)(F)F)c2)c(CCCN)c2ccccc21. The van der Waals surface area contributed by atoms with Gasteiger partial charge in [-0.25, -0.2) is 0 Å². The van der Waals surface area contributed by atoms with Crippen LogP contribution >= 0.6 is 0 Å². The fourth-order valence-corrected chi connectivity index (χ4v) is 2.95. The molecule has 1 aromatic heterocycles. The van der Waals surface area contributed by atoms with Crippen LogP contribution in [0.1, 0.15) is 17.5 Å². The Morgan fingerprint density at radius 3 is 2.56 bits per heavy atom. The number of benzene rings is 2. The Bertz CT molecular complexity index is 884. The van der Waals surface area contributed by atoms with Gasteiger partial charge in [-0.15, -0.1) is 0 Å². The van der Waals surface area contributed by atoms with E-state index < -0.39 is 11.7 Å². The second-order valence-corrected chi connectivity index (χ2v) is 5.88. The fourth-order valence-electron chi connectivity index (χ4n) is 2.95. The van der Waals surface area contributed by atoms with Gasteiger partial charge in [0.1, 0.15) is 5.75 Å². The zero-order valence-electron chi connectivity index (χ0n) is 13.8. The van der Waals surface area contributed by atoms with Crippen LogP contribution in [-0.2, 0) is 19.6 Å². The number of fused-ring (bicyclic) bond motifs is 1. The number of hydrogen-bond acceptors (Lipinski definition) is 2. The summed E-state index contributed by atoms with van der Waals surface area (Å²) >= 11 is 0. The molecule has 3 aromatic rings. The van der Waals surface area contributed by atoms with Crippen LogP contribution < -0.4 is 10.5 Å². The molecule has 0 saturated heterocycles. The number of aryl methyl sites for hydroxylation is 2. The molecule has 0 saturated carbocycles. The van der Waals surface area contributed by atoms with Crippen LogP contribution in [0, 0.1) is 0 Å². The first-order valence-electron chi connectivity index (χ1n) is 8.03. The maximum atomic E-state index is 12.9. The normalized spacial score (nSPS) is 11.9. The van der Waals surface area contributed by atoms with E-state index >= 15 is 0 Å². The molecule has 0 spiro atoms. The third-order valence-electron chi connectivity index (χ3n) is 4.16. The first kappa shape index (κ1) is 17.4. The van der Waals surface area contributed by atoms with Crippen molar-refractivity contribution in [1.82, 2.24) is 4.57 Å². The highest BCUT2D eigenvalue weighted by molar-refractivity contribution is 5.87. The summed E-state index contributed by atoms with van der Waals surface area (Å²) in [4.78, 5) is 0. The number of ether oxygens (including phenoxy) is 1. The van der Waals surface area contributed by atoms with E-state index in [1.807, 2.05) is 35.9 Å². The van der Waals surface area contributed by atoms with E-state index in [1.165, 1.54) is 12.1 Å². The molecule has 0 unspecified atom stereocenters. The Morgan fingerprint density at radius 1 is 1.08 bits per heavy atom. The number of hydrogen-bond donors (Lipinski definition) is 1. The van der Waals surface area contributed by atoms with Crippen molar-refractivity contribution in [2.24, 2.45) is 12.8 Å². The molecule has 3 rings (SSSR count). The van der Waals surface area contributed by atoms with Gasteiger partial charge in [-0.1, -0.05) is 24.3 Å². The molecule has 0 fully saturated rings. The molecular formula is C19H19F3N2O. The summed E-state index contributed by atoms with van der Waals surface area (Å²) < 4.78 is 46.5. The van der Waals surface area contributed by atoms with Crippen LogP contribution in [0.4, 0.5) is 13.2 Å². The van der Waals surface area contributed by atoms with Gasteiger partial charge in [-0.05, 0) is 43.7 Å². The Labute approximate surface area is 143 Å². The summed E-state index contributed by atoms with van der Waals surface area (Å²) in [7, 11) is 1.84. The van der Waals surface area contributed by atoms with Gasteiger partial charge in [-0.3, -0.25) is 0 Å². The molecule has 3 nitrogen and oxygen atoms in total. The molecule has 0 aliphatic rings. The standard InChI is InChI=1S/C19H19F3N2O/c1-24-17-10-3-2-8-15(17)16(9-5-11-23)18(24)25-14-7-4-6-13(12-14)19(20,21)22/h2-4,6-8,10,12H,5,9,11,23H2,1H3. The number of aromatic nitrogens is 1. The molecule has 0 bridgehead atoms. The molecule has 0 amide bonds. The van der Waals surface area contributed by atoms with Crippen molar-refractivity contribution >= 4 is 10.9 Å². The summed E-state index contributed by atoms with van der Waals surface area (Å²) in [5.41, 5.74) is 6.82. The van der Waals surface area contributed by atoms with Crippen molar-refractivity contribution in [3.05, 3.63) is 59.7 Å². The zero-order valence-corrected chi connectivity index (χ0v) is 13.8. The topological polar surface area (TPSA) is 40.2 Å². The van der Waals surface area contributed by atoms with Crippen LogP contribution in [-0.4, -0.2) is 11.1 Å². The van der Waals surface area contributed by atoms with E-state index in [4.69, 9.17) is 10.5 Å². The first-order chi connectivity index (χ1) is 11.9. The maximum absolute atomic E-state index is 12.9. The third kappa shape index (κ3) is 3.49. The predicted octanol–water partition coefficient (Wildman–Crippen LogP) is 4.88. The summed E-state index contributed by atoms with van der Waals surface area (Å²) in [5.74, 6) is 0.712. The number of nitrogens with zero attached hydrogens (tertiary/aromatic N) is 1. The van der Waals surface area contributed by atoms with E-state index in [0.29, 0.717) is 18.8 Å². The van der Waals surface area contributed by atoms with Crippen LogP contribution in [0.3, 0.4) is 0 Å². The highest BCUT2D eigenvalue weighted by atomic mass is 19.4. The van der Waals surface area contributed by atoms with Crippen LogP contribution in [0.5, 0.6) is 11.6 Å². The first-order valence-corrected chi connectivity index (χ1v) is 8.03. The van der Waals surface area contributed by atoms with Gasteiger partial charge >= 0.3 is 6.18 Å². The molecule has 25 heavy (non-hydrogen) atoms. The van der Waals surface area contributed by atoms with Crippen molar-refractivity contribution in [2.75, 3.05) is 6.54 Å². The van der Waals surface area contributed by atoms with Gasteiger partial charge in [0.05, 0.1) is 11.1 Å². The molecule has 0 atom stereocenters. The Morgan fingerprint density at radius 2 is 1.84 bits per heavy atom. The third-order valence-corrected chi connectivity index (χ3v) is 4.16. The van der Waals surface area contributed by atoms with Crippen molar-refractivity contribution in [3.8, 4) is 11.6 Å². The molecule has 2 N–H and O–H groups in total. The second kappa shape index (κ2) is 6.80. The van der Waals surface area contributed by atoms with E-state index in [1.54, 1.807) is 0 Å². The minimum Gasteiger partial charge on any atom is -0.441 e. The average molecular weight is 348 g/mol. The van der Waals surface area contributed by atoms with Gasteiger partial charge in [0.25, 0.3) is 0 Å². The highest BCUT2D eigenvalue weighted by Crippen LogP contribution is 2.37. The molecule has 1 heterocycles. The molecule has 0 aliphatic carbocycles. The Balaban J connectivity index is 2.05. The van der Waals surface area contributed by atoms with E-state index in [9.17, 15) is 13.2 Å². The quantitative estimate of drug-likeness (QED) is 0.714. The predicted molar refractivity (Wildman–Crippen MR) is 91.8 cm³/mol. The van der Waals surface area contributed by atoms with Crippen molar-refractivity contribution in [3.63, 3.8) is 0 Å². The minimum atomic E-state index is -4.40. The molecule has 2 aromatic carbocycles. The molecule has 0 aliphatic heterocycles. The van der Waals surface area contributed by atoms with Gasteiger partial charge in [-0.2, -0.15) is 13.2 Å². The molecule has 6 heteroatoms. The van der Waals surface area contributed by atoms with Gasteiger partial charge in [0.2, 0.25) is 5.88 Å². The second-order valence-electron chi connectivity index (χ2n) is 5.88. The lowest BCUT2D eigenvalue weighted by Gasteiger charge is -2.12. The van der Waals surface area contributed by atoms with Gasteiger partial charge in [0, 0.05) is 18.0 Å². The number of alkyl halides is 3. The number of nitrogens with two attached hydrogens (primary N) is 1. The molecule has 0 radical (unpaired) electrons. The number of halogens is 3. The zero-order chi connectivity index (χ0) is 18.0. The lowest BCUT2D eigenvalue weighted by Crippen LogP contribution is -2.05. The van der Waals surface area contributed by atoms with Crippen LogP contribution in [0.25, 0.3) is 10.9 Å². The molecular weight excluding hydrogens is 329 g/mol. The van der Waals surface area contributed by atoms with E-state index in [0.717, 1.165) is 35.0 Å². The van der Waals surface area contributed by atoms with Crippen LogP contribution in [0.2, 0.25) is 0 Å². The Hall–Kier alpha value is -2.47. The van der Waals surface area contributed by atoms with Crippen molar-refractivity contribution in [1.29, 1.82) is 0 Å². The minimum absolute atomic E-state index is 0.162.